The molecule has 0 aromatic rings. The van der Waals surface area contributed by atoms with Gasteiger partial charge in [-0.3, -0.25) is 37.3 Å². The Morgan fingerprint density at radius 3 is 0.630 bits per heavy atom. The number of rotatable bonds is 88. The van der Waals surface area contributed by atoms with E-state index in [0.717, 1.165) is 102 Å². The van der Waals surface area contributed by atoms with E-state index in [1.165, 1.54) is 295 Å². The van der Waals surface area contributed by atoms with Crippen molar-refractivity contribution in [1.82, 2.24) is 0 Å². The molecule has 0 rings (SSSR count). The van der Waals surface area contributed by atoms with E-state index < -0.39 is 97.5 Å². The number of aliphatic hydroxyl groups is 1. The van der Waals surface area contributed by atoms with Crippen molar-refractivity contribution in [3.05, 3.63) is 0 Å². The normalized spacial score (nSPS) is 13.8. The van der Waals surface area contributed by atoms with Crippen molar-refractivity contribution in [3.63, 3.8) is 0 Å². The van der Waals surface area contributed by atoms with Gasteiger partial charge < -0.3 is 33.8 Å². The zero-order valence-electron chi connectivity index (χ0n) is 71.2. The van der Waals surface area contributed by atoms with Crippen molar-refractivity contribution < 1.29 is 80.2 Å². The fraction of sp³-hybridized carbons (Fsp3) is 0.955. The Hall–Kier alpha value is -1.94. The number of phosphoric ester groups is 2. The maximum atomic E-state index is 13.2. The number of hydrogen-bond acceptors (Lipinski definition) is 15. The molecule has 17 nitrogen and oxygen atoms in total. The summed E-state index contributed by atoms with van der Waals surface area (Å²) in [5, 5.41) is 10.7. The molecule has 0 radical (unpaired) electrons. The molecule has 0 aliphatic heterocycles. The summed E-state index contributed by atoms with van der Waals surface area (Å²) in [5.41, 5.74) is 0. The van der Waals surface area contributed by atoms with Gasteiger partial charge in [0.15, 0.2) is 12.2 Å². The number of esters is 4. The predicted molar refractivity (Wildman–Crippen MR) is 446 cm³/mol. The molecule has 5 atom stereocenters. The van der Waals surface area contributed by atoms with Gasteiger partial charge in [0.2, 0.25) is 0 Å². The van der Waals surface area contributed by atoms with Crippen LogP contribution in [0.4, 0.5) is 0 Å². The number of ether oxygens (including phenoxy) is 4. The van der Waals surface area contributed by atoms with Crippen molar-refractivity contribution in [3.8, 4) is 0 Å². The van der Waals surface area contributed by atoms with Crippen LogP contribution in [0.3, 0.4) is 0 Å². The molecule has 0 aliphatic rings. The molecule has 0 fully saturated rings. The number of phosphoric acid groups is 2. The van der Waals surface area contributed by atoms with Crippen LogP contribution in [-0.2, 0) is 65.4 Å². The van der Waals surface area contributed by atoms with Gasteiger partial charge in [-0.15, -0.1) is 0 Å². The lowest BCUT2D eigenvalue weighted by Crippen LogP contribution is -2.30. The third-order valence-electron chi connectivity index (χ3n) is 21.0. The van der Waals surface area contributed by atoms with Crippen molar-refractivity contribution in [2.24, 2.45) is 11.8 Å². The first-order valence-corrected chi connectivity index (χ1v) is 49.0. The molecule has 0 spiro atoms. The zero-order valence-corrected chi connectivity index (χ0v) is 73.0. The highest BCUT2D eigenvalue weighted by atomic mass is 31.2. The third-order valence-corrected chi connectivity index (χ3v) is 22.9. The highest BCUT2D eigenvalue weighted by molar-refractivity contribution is 7.47. The summed E-state index contributed by atoms with van der Waals surface area (Å²) in [6, 6.07) is 0. The maximum Gasteiger partial charge on any atom is 0.472 e. The number of unbranched alkanes of at least 4 members (excludes halogenated alkanes) is 58. The summed E-state index contributed by atoms with van der Waals surface area (Å²) in [7, 11) is -9.93. The molecule has 0 bridgehead atoms. The van der Waals surface area contributed by atoms with E-state index in [-0.39, 0.29) is 25.7 Å². The largest absolute Gasteiger partial charge is 0.472 e. The van der Waals surface area contributed by atoms with Crippen LogP contribution >= 0.6 is 15.6 Å². The fourth-order valence-corrected chi connectivity index (χ4v) is 15.5. The second-order valence-electron chi connectivity index (χ2n) is 32.9. The van der Waals surface area contributed by atoms with Gasteiger partial charge in [0, 0.05) is 25.7 Å². The van der Waals surface area contributed by atoms with Gasteiger partial charge in [-0.25, -0.2) is 9.13 Å². The van der Waals surface area contributed by atoms with E-state index in [2.05, 4.69) is 41.5 Å². The predicted octanol–water partition coefficient (Wildman–Crippen LogP) is 27.4. The number of carbonyl (C=O) groups excluding carboxylic acids is 4. The lowest BCUT2D eigenvalue weighted by atomic mass is 10.0. The van der Waals surface area contributed by atoms with Crippen molar-refractivity contribution in [1.29, 1.82) is 0 Å². The number of aliphatic hydroxyl groups excluding tert-OH is 1. The second-order valence-corrected chi connectivity index (χ2v) is 35.8. The molecule has 108 heavy (non-hydrogen) atoms. The molecule has 0 aliphatic carbocycles. The van der Waals surface area contributed by atoms with Crippen molar-refractivity contribution in [2.45, 2.75) is 496 Å². The lowest BCUT2D eigenvalue weighted by Gasteiger charge is -2.21. The average Bonchev–Trinajstić information content (AvgIpc) is 0.893. The monoisotopic (exact) mass is 1580 g/mol. The molecule has 0 aromatic carbocycles. The van der Waals surface area contributed by atoms with Crippen LogP contribution in [0.2, 0.25) is 0 Å². The number of hydrogen-bond donors (Lipinski definition) is 3. The summed E-state index contributed by atoms with van der Waals surface area (Å²) in [6.07, 6.45) is 73.7. The minimum Gasteiger partial charge on any atom is -0.462 e. The van der Waals surface area contributed by atoms with Crippen molar-refractivity contribution >= 4 is 39.5 Å². The van der Waals surface area contributed by atoms with Crippen LogP contribution in [0.15, 0.2) is 0 Å². The van der Waals surface area contributed by atoms with Gasteiger partial charge in [-0.1, -0.05) is 427 Å². The number of carbonyl (C=O) groups is 4. The second kappa shape index (κ2) is 80.3. The Labute approximate surface area is 664 Å². The molecule has 0 saturated carbocycles. The Morgan fingerprint density at radius 2 is 0.426 bits per heavy atom. The summed E-state index contributed by atoms with van der Waals surface area (Å²) in [5.74, 6) is -0.548. The van der Waals surface area contributed by atoms with E-state index in [1.54, 1.807) is 0 Å². The van der Waals surface area contributed by atoms with E-state index in [1.807, 2.05) is 0 Å². The quantitative estimate of drug-likeness (QED) is 0.0222. The smallest absolute Gasteiger partial charge is 0.462 e. The maximum absolute atomic E-state index is 13.2. The summed E-state index contributed by atoms with van der Waals surface area (Å²) < 4.78 is 69.0. The topological polar surface area (TPSA) is 237 Å². The molecule has 3 N–H and O–H groups in total. The van der Waals surface area contributed by atoms with Crippen LogP contribution in [0.1, 0.15) is 478 Å². The molecule has 0 aromatic heterocycles. The Kier molecular flexibility index (Phi) is 78.8. The molecule has 2 unspecified atom stereocenters. The fourth-order valence-electron chi connectivity index (χ4n) is 14.0. The lowest BCUT2D eigenvalue weighted by molar-refractivity contribution is -0.161. The SMILES string of the molecule is CCCCCCCCCCCCCCCCCCCCCCCCC(=O)O[C@H](COC(=O)CCCCCCCCCCCCCCCCCC(C)C)COP(=O)(O)OC[C@@H](O)COP(=O)(O)OC[C@@H](COC(=O)CCCCCCCCCCCC(C)C)OC(=O)CCCCCCCCCCCCCCCCCC. The van der Waals surface area contributed by atoms with Gasteiger partial charge in [-0.2, -0.15) is 0 Å². The third kappa shape index (κ3) is 82.1. The van der Waals surface area contributed by atoms with E-state index in [0.29, 0.717) is 25.7 Å². The molecule has 642 valence electrons. The van der Waals surface area contributed by atoms with E-state index in [4.69, 9.17) is 37.0 Å². The average molecular weight is 1580 g/mol. The molecule has 19 heteroatoms. The highest BCUT2D eigenvalue weighted by Gasteiger charge is 2.31. The molecular formula is C89H174O17P2. The summed E-state index contributed by atoms with van der Waals surface area (Å²) >= 11 is 0. The van der Waals surface area contributed by atoms with Crippen LogP contribution in [0.25, 0.3) is 0 Å². The van der Waals surface area contributed by atoms with Gasteiger partial charge >= 0.3 is 39.5 Å². The zero-order chi connectivity index (χ0) is 79.2. The van der Waals surface area contributed by atoms with Crippen LogP contribution < -0.4 is 0 Å². The first-order chi connectivity index (χ1) is 52.4. The first kappa shape index (κ1) is 106. The van der Waals surface area contributed by atoms with E-state index >= 15 is 0 Å². The Balaban J connectivity index is 5.24. The van der Waals surface area contributed by atoms with E-state index in [9.17, 15) is 43.2 Å². The molecule has 0 amide bonds. The van der Waals surface area contributed by atoms with Crippen LogP contribution in [0.5, 0.6) is 0 Å². The standard InChI is InChI=1S/C89H174O17P2/c1-7-9-11-13-15-17-19-21-23-25-26-27-28-29-30-34-39-43-49-56-62-68-74-88(93)105-84(77-99-86(91)71-65-59-53-47-41-37-35-31-32-36-40-45-51-57-63-69-81(3)4)79-103-107(95,96)101-75-83(90)76-102-108(97,98)104-80-85(78-100-87(92)72-66-60-54-50-44-46-52-58-64-70-82(5)6)106-89(94)73-67-61-55-48-42-38-33-24-22-20-18-16-14-12-10-8-2/h81-85,90H,7-80H2,1-6H3,(H,95,96)(H,97,98)/t83-,84-,85-/m1/s1. The summed E-state index contributed by atoms with van der Waals surface area (Å²) in [6.45, 7) is 9.70. The molecular weight excluding hydrogens is 1400 g/mol. The van der Waals surface area contributed by atoms with Crippen molar-refractivity contribution in [2.75, 3.05) is 39.6 Å². The van der Waals surface area contributed by atoms with Gasteiger partial charge in [0.05, 0.1) is 26.4 Å². The Bertz CT molecular complexity index is 2060. The summed E-state index contributed by atoms with van der Waals surface area (Å²) in [4.78, 5) is 73.4. The Morgan fingerprint density at radius 1 is 0.250 bits per heavy atom. The molecule has 0 heterocycles. The first-order valence-electron chi connectivity index (χ1n) is 46.0. The molecule has 0 saturated heterocycles. The highest BCUT2D eigenvalue weighted by Crippen LogP contribution is 2.45. The van der Waals surface area contributed by atoms with Crippen LogP contribution in [0, 0.1) is 11.8 Å². The van der Waals surface area contributed by atoms with Gasteiger partial charge in [-0.05, 0) is 37.5 Å². The van der Waals surface area contributed by atoms with Crippen LogP contribution in [-0.4, -0.2) is 96.7 Å². The van der Waals surface area contributed by atoms with Gasteiger partial charge in [0.1, 0.15) is 19.3 Å². The minimum absolute atomic E-state index is 0.108. The minimum atomic E-state index is -4.97. The van der Waals surface area contributed by atoms with Gasteiger partial charge in [0.25, 0.3) is 0 Å².